The monoisotopic (exact) mass is 235 g/mol. The number of unbranched alkanes of at least 4 members (excludes halogenated alkanes) is 1. The van der Waals surface area contributed by atoms with Gasteiger partial charge in [0.05, 0.1) is 5.69 Å². The molecule has 0 saturated carbocycles. The number of benzene rings is 1. The molecule has 0 radical (unpaired) electrons. The molecule has 2 N–H and O–H groups in total. The molecule has 0 spiro atoms. The lowest BCUT2D eigenvalue weighted by Gasteiger charge is -2.06. The summed E-state index contributed by atoms with van der Waals surface area (Å²) in [5.41, 5.74) is 6.27. The normalized spacial score (nSPS) is 10.9. The molecular weight excluding hydrogens is 221 g/mol. The minimum atomic E-state index is -0.562. The molecule has 90 valence electrons. The van der Waals surface area contributed by atoms with Crippen LogP contribution in [0.15, 0.2) is 27.4 Å². The van der Waals surface area contributed by atoms with E-state index in [0.717, 1.165) is 30.2 Å². The molecule has 1 aromatic carbocycles. The third-order valence-electron chi connectivity index (χ3n) is 2.75. The van der Waals surface area contributed by atoms with Crippen molar-refractivity contribution in [1.82, 2.24) is 0 Å². The first-order valence-electron chi connectivity index (χ1n) is 5.63. The molecule has 0 saturated heterocycles. The molecule has 2 aromatic rings. The summed E-state index contributed by atoms with van der Waals surface area (Å²) in [6.07, 6.45) is 2.76. The smallest absolute Gasteiger partial charge is 0.336 e. The Morgan fingerprint density at radius 2 is 2.12 bits per heavy atom. The van der Waals surface area contributed by atoms with Crippen molar-refractivity contribution in [2.45, 2.75) is 26.2 Å². The van der Waals surface area contributed by atoms with Crippen molar-refractivity contribution in [2.75, 3.05) is 5.73 Å². The summed E-state index contributed by atoms with van der Waals surface area (Å²) >= 11 is 0. The molecule has 4 heteroatoms. The third-order valence-corrected chi connectivity index (χ3v) is 2.75. The van der Waals surface area contributed by atoms with Crippen LogP contribution in [0, 0.1) is 5.82 Å². The summed E-state index contributed by atoms with van der Waals surface area (Å²) in [7, 11) is 0. The van der Waals surface area contributed by atoms with Crippen molar-refractivity contribution in [3.05, 3.63) is 40.0 Å². The number of fused-ring (bicyclic) bond motifs is 1. The molecule has 3 nitrogen and oxygen atoms in total. The summed E-state index contributed by atoms with van der Waals surface area (Å²) in [4.78, 5) is 11.3. The van der Waals surface area contributed by atoms with E-state index in [0.29, 0.717) is 0 Å². The van der Waals surface area contributed by atoms with Crippen molar-refractivity contribution in [3.63, 3.8) is 0 Å². The van der Waals surface area contributed by atoms with Gasteiger partial charge in [-0.25, -0.2) is 9.18 Å². The Labute approximate surface area is 98.0 Å². The Kier molecular flexibility index (Phi) is 3.13. The van der Waals surface area contributed by atoms with Crippen LogP contribution in [-0.2, 0) is 6.42 Å². The van der Waals surface area contributed by atoms with Crippen LogP contribution in [0.1, 0.15) is 25.3 Å². The Hall–Kier alpha value is -1.84. The van der Waals surface area contributed by atoms with Gasteiger partial charge in [0.1, 0.15) is 11.4 Å². The SMILES string of the molecule is CCCCc1cc(=O)oc2cc(F)c(N)cc12. The standard InChI is InChI=1S/C13H14FNO2/c1-2-3-4-8-5-13(16)17-12-7-10(14)11(15)6-9(8)12/h5-7H,2-4,15H2,1H3. The molecule has 0 bridgehead atoms. The number of hydrogen-bond acceptors (Lipinski definition) is 3. The van der Waals surface area contributed by atoms with Crippen LogP contribution in [0.5, 0.6) is 0 Å². The van der Waals surface area contributed by atoms with Crippen molar-refractivity contribution in [2.24, 2.45) is 0 Å². The number of nitrogens with two attached hydrogens (primary N) is 1. The van der Waals surface area contributed by atoms with E-state index in [1.807, 2.05) is 0 Å². The first-order chi connectivity index (χ1) is 8.11. The predicted octanol–water partition coefficient (Wildman–Crippen LogP) is 2.86. The fraction of sp³-hybridized carbons (Fsp3) is 0.308. The van der Waals surface area contributed by atoms with Gasteiger partial charge in [-0.1, -0.05) is 13.3 Å². The van der Waals surface area contributed by atoms with Crippen LogP contribution in [0.2, 0.25) is 0 Å². The molecule has 0 aliphatic carbocycles. The highest BCUT2D eigenvalue weighted by Gasteiger charge is 2.09. The van der Waals surface area contributed by atoms with Gasteiger partial charge in [-0.2, -0.15) is 0 Å². The Bertz CT molecular complexity index is 604. The maximum Gasteiger partial charge on any atom is 0.336 e. The van der Waals surface area contributed by atoms with Crippen LogP contribution >= 0.6 is 0 Å². The fourth-order valence-corrected chi connectivity index (χ4v) is 1.84. The molecule has 0 fully saturated rings. The van der Waals surface area contributed by atoms with Gasteiger partial charge >= 0.3 is 5.63 Å². The molecule has 0 amide bonds. The minimum absolute atomic E-state index is 0.0732. The second-order valence-electron chi connectivity index (χ2n) is 4.06. The maximum atomic E-state index is 13.3. The predicted molar refractivity (Wildman–Crippen MR) is 65.5 cm³/mol. The lowest BCUT2D eigenvalue weighted by molar-refractivity contribution is 0.552. The molecule has 17 heavy (non-hydrogen) atoms. The first-order valence-corrected chi connectivity index (χ1v) is 5.63. The highest BCUT2D eigenvalue weighted by Crippen LogP contribution is 2.23. The summed E-state index contributed by atoms with van der Waals surface area (Å²) in [5.74, 6) is -0.562. The van der Waals surface area contributed by atoms with Crippen molar-refractivity contribution in [3.8, 4) is 0 Å². The zero-order valence-corrected chi connectivity index (χ0v) is 9.63. The zero-order valence-electron chi connectivity index (χ0n) is 9.63. The van der Waals surface area contributed by atoms with Crippen LogP contribution in [0.4, 0.5) is 10.1 Å². The third kappa shape index (κ3) is 2.30. The van der Waals surface area contributed by atoms with E-state index in [4.69, 9.17) is 10.2 Å². The second-order valence-corrected chi connectivity index (χ2v) is 4.06. The summed E-state index contributed by atoms with van der Waals surface area (Å²) in [6, 6.07) is 4.15. The van der Waals surface area contributed by atoms with Crippen molar-refractivity contribution in [1.29, 1.82) is 0 Å². The summed E-state index contributed by atoms with van der Waals surface area (Å²) in [6.45, 7) is 2.07. The lowest BCUT2D eigenvalue weighted by atomic mass is 10.0. The van der Waals surface area contributed by atoms with Crippen LogP contribution < -0.4 is 11.4 Å². The molecule has 1 heterocycles. The highest BCUT2D eigenvalue weighted by molar-refractivity contribution is 5.83. The molecule has 0 atom stereocenters. The Morgan fingerprint density at radius 1 is 1.35 bits per heavy atom. The van der Waals surface area contributed by atoms with Gasteiger partial charge in [-0.3, -0.25) is 0 Å². The number of aryl methyl sites for hydroxylation is 1. The average Bonchev–Trinajstić information content (AvgIpc) is 2.28. The van der Waals surface area contributed by atoms with E-state index in [9.17, 15) is 9.18 Å². The van der Waals surface area contributed by atoms with E-state index < -0.39 is 11.4 Å². The zero-order chi connectivity index (χ0) is 12.4. The molecule has 2 rings (SSSR count). The van der Waals surface area contributed by atoms with Gasteiger partial charge in [-0.15, -0.1) is 0 Å². The molecule has 0 unspecified atom stereocenters. The number of rotatable bonds is 3. The number of nitrogen functional groups attached to an aromatic ring is 1. The van der Waals surface area contributed by atoms with Gasteiger partial charge in [0, 0.05) is 17.5 Å². The van der Waals surface area contributed by atoms with E-state index in [2.05, 4.69) is 6.92 Å². The Morgan fingerprint density at radius 3 is 2.82 bits per heavy atom. The first kappa shape index (κ1) is 11.6. The molecule has 1 aromatic heterocycles. The number of hydrogen-bond donors (Lipinski definition) is 1. The van der Waals surface area contributed by atoms with Crippen molar-refractivity contribution < 1.29 is 8.81 Å². The van der Waals surface area contributed by atoms with Crippen LogP contribution in [-0.4, -0.2) is 0 Å². The molecule has 0 aliphatic heterocycles. The number of anilines is 1. The van der Waals surface area contributed by atoms with E-state index in [1.54, 1.807) is 0 Å². The van der Waals surface area contributed by atoms with Gasteiger partial charge in [-0.05, 0) is 24.5 Å². The van der Waals surface area contributed by atoms with E-state index >= 15 is 0 Å². The molecule has 0 aliphatic rings. The quantitative estimate of drug-likeness (QED) is 0.657. The molecular formula is C13H14FNO2. The second kappa shape index (κ2) is 4.57. The highest BCUT2D eigenvalue weighted by atomic mass is 19.1. The largest absolute Gasteiger partial charge is 0.423 e. The van der Waals surface area contributed by atoms with Crippen LogP contribution in [0.25, 0.3) is 11.0 Å². The average molecular weight is 235 g/mol. The lowest BCUT2D eigenvalue weighted by Crippen LogP contribution is -2.02. The topological polar surface area (TPSA) is 56.2 Å². The Balaban J connectivity index is 2.65. The van der Waals surface area contributed by atoms with Gasteiger partial charge in [0.25, 0.3) is 0 Å². The maximum absolute atomic E-state index is 13.3. The van der Waals surface area contributed by atoms with E-state index in [-0.39, 0.29) is 11.3 Å². The summed E-state index contributed by atoms with van der Waals surface area (Å²) < 4.78 is 18.2. The van der Waals surface area contributed by atoms with Gasteiger partial charge in [0.15, 0.2) is 0 Å². The summed E-state index contributed by atoms with van der Waals surface area (Å²) in [5, 5.41) is 0.719. The number of halogens is 1. The van der Waals surface area contributed by atoms with Crippen LogP contribution in [0.3, 0.4) is 0 Å². The van der Waals surface area contributed by atoms with E-state index in [1.165, 1.54) is 18.2 Å². The minimum Gasteiger partial charge on any atom is -0.423 e. The van der Waals surface area contributed by atoms with Gasteiger partial charge in [0.2, 0.25) is 0 Å². The fourth-order valence-electron chi connectivity index (χ4n) is 1.84. The van der Waals surface area contributed by atoms with Gasteiger partial charge < -0.3 is 10.2 Å². The van der Waals surface area contributed by atoms with Crippen molar-refractivity contribution >= 4 is 16.7 Å².